The van der Waals surface area contributed by atoms with Crippen LogP contribution in [0.25, 0.3) is 22.4 Å². The smallest absolute Gasteiger partial charge is 0.230 e. The zero-order chi connectivity index (χ0) is 25.3. The van der Waals surface area contributed by atoms with Crippen LogP contribution < -0.4 is 20.3 Å². The van der Waals surface area contributed by atoms with Crippen LogP contribution in [-0.4, -0.2) is 59.4 Å². The maximum Gasteiger partial charge on any atom is 0.230 e. The number of aromatic nitrogens is 5. The Kier molecular flexibility index (Phi) is 8.36. The first-order chi connectivity index (χ1) is 17.6. The largest absolute Gasteiger partial charge is 0.480 e. The van der Waals surface area contributed by atoms with E-state index in [0.29, 0.717) is 11.8 Å². The Morgan fingerprint density at radius 3 is 2.36 bits per heavy atom. The van der Waals surface area contributed by atoms with E-state index in [4.69, 9.17) is 4.74 Å². The van der Waals surface area contributed by atoms with Gasteiger partial charge in [-0.1, -0.05) is 24.3 Å². The van der Waals surface area contributed by atoms with E-state index in [1.807, 2.05) is 57.5 Å². The number of hydrogen-bond donors (Lipinski definition) is 2. The lowest BCUT2D eigenvalue weighted by Gasteiger charge is -2.18. The van der Waals surface area contributed by atoms with Crippen LogP contribution in [-0.2, 0) is 0 Å². The number of rotatable bonds is 6. The minimum absolute atomic E-state index is 0.461. The van der Waals surface area contributed by atoms with Crippen molar-refractivity contribution in [3.63, 3.8) is 0 Å². The number of pyridine rings is 1. The molecule has 1 aliphatic rings. The van der Waals surface area contributed by atoms with Crippen LogP contribution in [0.2, 0.25) is 0 Å². The molecular formula is C27H32N8O. The van der Waals surface area contributed by atoms with Crippen molar-refractivity contribution in [1.29, 1.82) is 0 Å². The Balaban J connectivity index is 0.000000967. The summed E-state index contributed by atoms with van der Waals surface area (Å²) in [6.07, 6.45) is 9.58. The van der Waals surface area contributed by atoms with E-state index in [1.165, 1.54) is 12.8 Å². The van der Waals surface area contributed by atoms with Crippen LogP contribution in [0, 0.1) is 6.92 Å². The third-order valence-corrected chi connectivity index (χ3v) is 5.79. The molecule has 1 aliphatic heterocycles. The van der Waals surface area contributed by atoms with Gasteiger partial charge in [-0.25, -0.2) is 4.98 Å². The van der Waals surface area contributed by atoms with Crippen LogP contribution in [0.15, 0.2) is 61.2 Å². The zero-order valence-electron chi connectivity index (χ0n) is 21.2. The van der Waals surface area contributed by atoms with E-state index in [1.54, 1.807) is 25.7 Å². The molecule has 0 aliphatic carbocycles. The summed E-state index contributed by atoms with van der Waals surface area (Å²) >= 11 is 0. The second-order valence-electron chi connectivity index (χ2n) is 8.51. The summed E-state index contributed by atoms with van der Waals surface area (Å²) in [5, 5.41) is 14.3. The molecule has 5 rings (SSSR count). The van der Waals surface area contributed by atoms with Crippen LogP contribution in [0.5, 0.6) is 5.88 Å². The predicted octanol–water partition coefficient (Wildman–Crippen LogP) is 4.49. The monoisotopic (exact) mass is 484 g/mol. The van der Waals surface area contributed by atoms with Gasteiger partial charge in [-0.3, -0.25) is 4.98 Å². The van der Waals surface area contributed by atoms with Crippen LogP contribution in [0.3, 0.4) is 0 Å². The second kappa shape index (κ2) is 12.0. The van der Waals surface area contributed by atoms with Gasteiger partial charge >= 0.3 is 0 Å². The van der Waals surface area contributed by atoms with Gasteiger partial charge in [0.1, 0.15) is 0 Å². The third-order valence-electron chi connectivity index (χ3n) is 5.79. The van der Waals surface area contributed by atoms with Crippen molar-refractivity contribution in [2.75, 3.05) is 44.5 Å². The Hall–Kier alpha value is -4.11. The summed E-state index contributed by atoms with van der Waals surface area (Å²) in [5.74, 6) is 0.961. The number of benzene rings is 1. The number of methoxy groups -OCH3 is 1. The van der Waals surface area contributed by atoms with Crippen molar-refractivity contribution in [1.82, 2.24) is 30.5 Å². The molecule has 186 valence electrons. The van der Waals surface area contributed by atoms with Gasteiger partial charge in [0.2, 0.25) is 11.8 Å². The van der Waals surface area contributed by atoms with Gasteiger partial charge < -0.3 is 20.3 Å². The van der Waals surface area contributed by atoms with Gasteiger partial charge in [-0.2, -0.15) is 15.2 Å². The normalized spacial score (nSPS) is 12.6. The highest BCUT2D eigenvalue weighted by molar-refractivity contribution is 5.73. The van der Waals surface area contributed by atoms with E-state index < -0.39 is 0 Å². The first-order valence-corrected chi connectivity index (χ1v) is 12.0. The van der Waals surface area contributed by atoms with Crippen molar-refractivity contribution in [2.45, 2.75) is 19.8 Å². The molecule has 9 heteroatoms. The SMILES string of the molecule is CNC.COc1nc(Nc2cncc(N3CCCC3)c2)ncc1-c1ccc(-c2nnccc2C)cc1. The van der Waals surface area contributed by atoms with Gasteiger partial charge in [-0.15, -0.1) is 0 Å². The fourth-order valence-corrected chi connectivity index (χ4v) is 4.04. The molecule has 4 aromatic rings. The standard InChI is InChI=1S/C25H25N7O.C2H7N/c1-17-9-10-28-31-23(17)19-7-5-18(6-8-19)22-16-27-25(30-24(22)33-2)29-20-13-21(15-26-14-20)32-11-3-4-12-32;1-3-2/h5-10,13-16H,3-4,11-12H2,1-2H3,(H,27,29,30);3H,1-2H3. The molecule has 2 N–H and O–H groups in total. The Labute approximate surface area is 212 Å². The van der Waals surface area contributed by atoms with Gasteiger partial charge in [0.15, 0.2) is 0 Å². The summed E-state index contributed by atoms with van der Waals surface area (Å²) in [5.41, 5.74) is 6.69. The van der Waals surface area contributed by atoms with Gasteiger partial charge in [-0.05, 0) is 57.1 Å². The summed E-state index contributed by atoms with van der Waals surface area (Å²) in [4.78, 5) is 15.8. The predicted molar refractivity (Wildman–Crippen MR) is 144 cm³/mol. The lowest BCUT2D eigenvalue weighted by Crippen LogP contribution is -2.17. The highest BCUT2D eigenvalue weighted by Gasteiger charge is 2.14. The molecule has 0 amide bonds. The van der Waals surface area contributed by atoms with Gasteiger partial charge in [0.05, 0.1) is 42.1 Å². The quantitative estimate of drug-likeness (QED) is 0.410. The topological polar surface area (TPSA) is 101 Å². The lowest BCUT2D eigenvalue weighted by atomic mass is 10.0. The van der Waals surface area contributed by atoms with Gasteiger partial charge in [0.25, 0.3) is 0 Å². The number of hydrogen-bond acceptors (Lipinski definition) is 9. The van der Waals surface area contributed by atoms with Crippen molar-refractivity contribution >= 4 is 17.3 Å². The van der Waals surface area contributed by atoms with E-state index in [2.05, 4.69) is 46.7 Å². The van der Waals surface area contributed by atoms with E-state index in [-0.39, 0.29) is 0 Å². The molecule has 0 unspecified atom stereocenters. The Morgan fingerprint density at radius 2 is 1.67 bits per heavy atom. The Bertz CT molecular complexity index is 1270. The summed E-state index contributed by atoms with van der Waals surface area (Å²) in [6.45, 7) is 4.16. The number of aryl methyl sites for hydroxylation is 1. The molecule has 1 fully saturated rings. The first kappa shape index (κ1) is 25.0. The van der Waals surface area contributed by atoms with Crippen molar-refractivity contribution < 1.29 is 4.74 Å². The summed E-state index contributed by atoms with van der Waals surface area (Å²) in [7, 11) is 5.36. The maximum atomic E-state index is 5.58. The molecule has 1 aromatic carbocycles. The molecular weight excluding hydrogens is 452 g/mol. The van der Waals surface area contributed by atoms with Crippen LogP contribution in [0.4, 0.5) is 17.3 Å². The minimum atomic E-state index is 0.461. The maximum absolute atomic E-state index is 5.58. The molecule has 36 heavy (non-hydrogen) atoms. The molecule has 0 atom stereocenters. The Morgan fingerprint density at radius 1 is 0.944 bits per heavy atom. The van der Waals surface area contributed by atoms with Crippen LogP contribution >= 0.6 is 0 Å². The fourth-order valence-electron chi connectivity index (χ4n) is 4.04. The average molecular weight is 485 g/mol. The molecule has 0 radical (unpaired) electrons. The van der Waals surface area contributed by atoms with E-state index in [0.717, 1.165) is 52.4 Å². The van der Waals surface area contributed by atoms with Gasteiger partial charge in [0, 0.05) is 31.0 Å². The van der Waals surface area contributed by atoms with E-state index >= 15 is 0 Å². The number of nitrogens with zero attached hydrogens (tertiary/aromatic N) is 6. The summed E-state index contributed by atoms with van der Waals surface area (Å²) in [6, 6.07) is 12.1. The number of anilines is 3. The summed E-state index contributed by atoms with van der Waals surface area (Å²) < 4.78 is 5.58. The molecule has 0 spiro atoms. The molecule has 3 aromatic heterocycles. The highest BCUT2D eigenvalue weighted by atomic mass is 16.5. The van der Waals surface area contributed by atoms with E-state index in [9.17, 15) is 0 Å². The number of ether oxygens (including phenoxy) is 1. The minimum Gasteiger partial charge on any atom is -0.480 e. The molecule has 0 saturated carbocycles. The fraction of sp³-hybridized carbons (Fsp3) is 0.296. The second-order valence-corrected chi connectivity index (χ2v) is 8.51. The zero-order valence-corrected chi connectivity index (χ0v) is 21.2. The molecule has 9 nitrogen and oxygen atoms in total. The van der Waals surface area contributed by atoms with Crippen LogP contribution in [0.1, 0.15) is 18.4 Å². The number of nitrogens with one attached hydrogen (secondary N) is 2. The average Bonchev–Trinajstić information content (AvgIpc) is 3.45. The third kappa shape index (κ3) is 5.92. The molecule has 4 heterocycles. The first-order valence-electron chi connectivity index (χ1n) is 12.0. The lowest BCUT2D eigenvalue weighted by molar-refractivity contribution is 0.399. The molecule has 1 saturated heterocycles. The highest BCUT2D eigenvalue weighted by Crippen LogP contribution is 2.31. The van der Waals surface area contributed by atoms with Crippen molar-refractivity contribution in [3.05, 3.63) is 66.7 Å². The van der Waals surface area contributed by atoms with Crippen molar-refractivity contribution in [2.24, 2.45) is 0 Å². The molecule has 0 bridgehead atoms. The van der Waals surface area contributed by atoms with Crippen molar-refractivity contribution in [3.8, 4) is 28.3 Å².